The molecule has 0 radical (unpaired) electrons. The number of carbonyl (C=O) groups excluding carboxylic acids is 7. The van der Waals surface area contributed by atoms with E-state index >= 15 is 0 Å². The smallest absolute Gasteiger partial charge is 0.472 e. The van der Waals surface area contributed by atoms with Crippen LogP contribution in [0.25, 0.3) is 0 Å². The largest absolute Gasteiger partial charge is 0.494 e. The molecule has 32 nitrogen and oxygen atoms in total. The van der Waals surface area contributed by atoms with Gasteiger partial charge < -0.3 is 89.9 Å². The van der Waals surface area contributed by atoms with Crippen molar-refractivity contribution in [1.82, 2.24) is 46.8 Å². The third-order valence-corrected chi connectivity index (χ3v) is 31.0. The number of aliphatic hydroxyl groups is 4. The Morgan fingerprint density at radius 3 is 1.71 bits per heavy atom. The Morgan fingerprint density at radius 1 is 0.566 bits per heavy atom. The van der Waals surface area contributed by atoms with E-state index < -0.39 is 101 Å². The first kappa shape index (κ1) is 129. The molecular formula is C106H187N9O23P2S3. The van der Waals surface area contributed by atoms with E-state index in [1.165, 1.54) is 160 Å². The standard InChI is InChI=1S/C106H187N9O23P2S3/c1-7-10-13-15-17-19-21-23-25-27-29-31-33-35-37-45-66-106(67-46-38-36-34-32-30-28-26-24-22-20-18-16-14-11-8-2)133-84-92(137-106)64-72-113(6)71-50-49-69-108-97(119)57-52-74-131-91-62-60-87(61-63-91)86(5)111-112-99(121)65-76-143-142-75-53-59-101(123)115-80-93(78-89(115)83-135-140(129,130)141)138-139(127,128)134-82-88-77-90(117)79-114(88)100(122)58-43-40-47-68-107-96(118)55-42-39-48-70-109-104(126)94(54-41-12-9-3)110-98(120)56-44-51-73-132-105-85(4)102(124)103(125)95(81-116)136-105/h17-20,23-26,60-63,85-86,88-90,92-95,102-103,105,111,116-117,124-125H,7-16,21-22,27-59,64-84H2,1-6H3,(H,107,118)(H,108,119)(H,109,126)(H,110,120)(H,112,121)(H,127,128)(H2,129,130,141)/b19-17-,20-18-,25-23-,26-24-/t85-,86?,88-,89-,90+,92?,93+,94-,95?,102+,103?,105?/m0/s1. The Bertz CT molecular complexity index is 3760. The molecule has 4 saturated heterocycles. The maximum absolute atomic E-state index is 13.7. The second-order valence-electron chi connectivity index (χ2n) is 39.3. The number of hydrazine groups is 1. The normalized spacial score (nSPS) is 21.0. The highest BCUT2D eigenvalue weighted by molar-refractivity contribution is 8.76. The number of hydrogen-bond acceptors (Lipinski definition) is 25. The molecule has 0 bridgehead atoms. The molecule has 14 atom stereocenters. The van der Waals surface area contributed by atoms with Crippen LogP contribution < -0.4 is 36.9 Å². The lowest BCUT2D eigenvalue weighted by Crippen LogP contribution is -2.55. The van der Waals surface area contributed by atoms with Gasteiger partial charge in [-0.05, 0) is 205 Å². The van der Waals surface area contributed by atoms with Crippen LogP contribution >= 0.6 is 48.5 Å². The summed E-state index contributed by atoms with van der Waals surface area (Å²) in [6, 6.07) is 5.16. The van der Waals surface area contributed by atoms with Crippen molar-refractivity contribution in [2.75, 3.05) is 104 Å². The van der Waals surface area contributed by atoms with Crippen molar-refractivity contribution >= 4 is 89.8 Å². The first-order valence-corrected chi connectivity index (χ1v) is 61.4. The van der Waals surface area contributed by atoms with Gasteiger partial charge in [0.15, 0.2) is 12.1 Å². The monoisotopic (exact) mass is 2110 g/mol. The van der Waals surface area contributed by atoms with Crippen LogP contribution in [0.4, 0.5) is 0 Å². The lowest BCUT2D eigenvalue weighted by atomic mass is 9.92. The fourth-order valence-electron chi connectivity index (χ4n) is 17.9. The topological polar surface area (TPSA) is 431 Å². The number of nitrogens with one attached hydrogen (secondary N) is 6. The number of rotatable bonds is 87. The highest BCUT2D eigenvalue weighted by Gasteiger charge is 2.45. The fourth-order valence-corrected chi connectivity index (χ4v) is 21.5. The summed E-state index contributed by atoms with van der Waals surface area (Å²) in [6.45, 7) is 9.06. The van der Waals surface area contributed by atoms with Gasteiger partial charge in [0.2, 0.25) is 41.4 Å². The lowest BCUT2D eigenvalue weighted by molar-refractivity contribution is -0.282. The van der Waals surface area contributed by atoms with Crippen molar-refractivity contribution in [3.05, 3.63) is 78.4 Å². The van der Waals surface area contributed by atoms with Gasteiger partial charge in [-0.25, -0.2) is 14.6 Å². The van der Waals surface area contributed by atoms with Gasteiger partial charge in [-0.3, -0.25) is 52.6 Å². The van der Waals surface area contributed by atoms with E-state index in [1.54, 1.807) is 6.92 Å². The number of ether oxygens (including phenoxy) is 5. The average Bonchev–Trinajstić information content (AvgIpc) is 1.71. The zero-order valence-corrected chi connectivity index (χ0v) is 92.0. The van der Waals surface area contributed by atoms with Crippen molar-refractivity contribution in [1.29, 1.82) is 0 Å². The van der Waals surface area contributed by atoms with E-state index in [9.17, 15) is 72.9 Å². The zero-order chi connectivity index (χ0) is 104. The van der Waals surface area contributed by atoms with Gasteiger partial charge in [-0.2, -0.15) is 0 Å². The fraction of sp³-hybridized carbons (Fsp3) is 0.802. The Balaban J connectivity index is 0.868. The Hall–Kier alpha value is -4.82. The quantitative estimate of drug-likeness (QED) is 0.00719. The maximum Gasteiger partial charge on any atom is 0.472 e. The molecule has 7 amide bonds. The molecule has 4 aliphatic heterocycles. The number of aliphatic hydroxyl groups excluding tert-OH is 4. The maximum atomic E-state index is 13.7. The SMILES string of the molecule is CCCCC/C=C\C/C=C\CCCCCCCCC1(CCCCCCCC/C=C\C/C=C\CCCCC)OCC(CCN(C)CCCCNC(=O)CCCOc2ccc(C(C)NNC(=O)CCSSCCCC(=O)N3C[C@H](OP(=O)(O)OC[C@@H]4C[C@@H](O)CN4C(=O)CCCCCNC(=O)CCCCCNC(=O)[C@H](CCCCC)NC(=O)CCCCOC4OC(CO)C(O)[C@H](O)[C@@H]4C)C[C@H]3COP(=O)(O)S)cc2)O1. The zero-order valence-electron chi connectivity index (χ0n) is 87.6. The summed E-state index contributed by atoms with van der Waals surface area (Å²) in [7, 11) is 0.324. The van der Waals surface area contributed by atoms with Crippen LogP contribution in [0.15, 0.2) is 72.9 Å². The van der Waals surface area contributed by atoms with Crippen molar-refractivity contribution in [2.45, 2.75) is 435 Å². The van der Waals surface area contributed by atoms with Crippen LogP contribution in [0.5, 0.6) is 5.75 Å². The molecule has 1 aromatic rings. The molecule has 1 aromatic carbocycles. The van der Waals surface area contributed by atoms with Gasteiger partial charge in [0.05, 0.1) is 69.5 Å². The van der Waals surface area contributed by atoms with Gasteiger partial charge >= 0.3 is 14.6 Å². The van der Waals surface area contributed by atoms with E-state index in [2.05, 4.69) is 126 Å². The molecule has 12 N–H and O–H groups in total. The third kappa shape index (κ3) is 60.7. The van der Waals surface area contributed by atoms with E-state index in [0.717, 1.165) is 95.7 Å². The first-order chi connectivity index (χ1) is 69.1. The highest BCUT2D eigenvalue weighted by atomic mass is 33.1. The van der Waals surface area contributed by atoms with E-state index in [-0.39, 0.29) is 112 Å². The molecule has 143 heavy (non-hydrogen) atoms. The number of unbranched alkanes of at least 4 members (excludes halogenated alkanes) is 26. The number of phosphoric ester groups is 1. The van der Waals surface area contributed by atoms with Crippen LogP contribution in [0.3, 0.4) is 0 Å². The molecule has 0 spiro atoms. The van der Waals surface area contributed by atoms with E-state index in [0.29, 0.717) is 134 Å². The van der Waals surface area contributed by atoms with Crippen LogP contribution in [0.1, 0.15) is 374 Å². The Kier molecular flexibility index (Phi) is 71.3. The van der Waals surface area contributed by atoms with Gasteiger partial charge in [-0.1, -0.05) is 231 Å². The van der Waals surface area contributed by atoms with Crippen molar-refractivity contribution in [2.24, 2.45) is 5.92 Å². The third-order valence-electron chi connectivity index (χ3n) is 26.6. The summed E-state index contributed by atoms with van der Waals surface area (Å²) in [5.74, 6) is -0.670. The lowest BCUT2D eigenvalue weighted by Gasteiger charge is -2.40. The summed E-state index contributed by atoms with van der Waals surface area (Å²) in [6.07, 6.45) is 57.3. The molecule has 4 heterocycles. The number of benzene rings is 1. The van der Waals surface area contributed by atoms with E-state index in [4.69, 9.17) is 37.3 Å². The molecule has 822 valence electrons. The highest BCUT2D eigenvalue weighted by Crippen LogP contribution is 2.50. The molecule has 0 aromatic heterocycles. The summed E-state index contributed by atoms with van der Waals surface area (Å²) in [4.78, 5) is 117. The molecule has 4 aliphatic rings. The Morgan fingerprint density at radius 2 is 1.09 bits per heavy atom. The number of likely N-dealkylation sites (tertiary alicyclic amines) is 2. The van der Waals surface area contributed by atoms with Crippen molar-refractivity contribution in [3.63, 3.8) is 0 Å². The van der Waals surface area contributed by atoms with Crippen LogP contribution in [0, 0.1) is 5.92 Å². The molecule has 0 saturated carbocycles. The number of phosphoric acid groups is 1. The molecular weight excluding hydrogens is 1930 g/mol. The van der Waals surface area contributed by atoms with Gasteiger partial charge in [0.25, 0.3) is 0 Å². The number of nitrogens with zero attached hydrogens (tertiary/aromatic N) is 3. The summed E-state index contributed by atoms with van der Waals surface area (Å²) in [5, 5.41) is 52.3. The first-order valence-electron chi connectivity index (χ1n) is 54.7. The van der Waals surface area contributed by atoms with Gasteiger partial charge in [0, 0.05) is 121 Å². The summed E-state index contributed by atoms with van der Waals surface area (Å²) >= 11 is 3.62. The molecule has 37 heteroatoms. The number of thiol groups is 1. The van der Waals surface area contributed by atoms with Crippen LogP contribution in [-0.2, 0) is 75.2 Å². The molecule has 5 rings (SSSR count). The van der Waals surface area contributed by atoms with Gasteiger partial charge in [-0.15, -0.1) is 0 Å². The van der Waals surface area contributed by atoms with Gasteiger partial charge in [0.1, 0.15) is 24.0 Å². The summed E-state index contributed by atoms with van der Waals surface area (Å²) in [5.41, 5.74) is 6.79. The molecule has 0 aliphatic carbocycles. The van der Waals surface area contributed by atoms with Crippen molar-refractivity contribution < 1.29 is 110 Å². The predicted molar refractivity (Wildman–Crippen MR) is 573 cm³/mol. The number of allylic oxidation sites excluding steroid dienone is 8. The minimum Gasteiger partial charge on any atom is -0.494 e. The molecule has 7 unspecified atom stereocenters. The average molecular weight is 2110 g/mol. The van der Waals surface area contributed by atoms with Crippen molar-refractivity contribution in [3.8, 4) is 5.75 Å². The summed E-state index contributed by atoms with van der Waals surface area (Å²) < 4.78 is 72.5. The number of carbonyl (C=O) groups is 7. The van der Waals surface area contributed by atoms with Crippen LogP contribution in [-0.4, -0.2) is 257 Å². The van der Waals surface area contributed by atoms with E-state index in [1.807, 2.05) is 31.2 Å². The Labute approximate surface area is 870 Å². The second-order valence-corrected chi connectivity index (χ2v) is 46.2. The second kappa shape index (κ2) is 79.2. The minimum absolute atomic E-state index is 0.000448. The number of hydrogen-bond donors (Lipinski definition) is 13. The molecule has 4 fully saturated rings. The number of β-amino-alcohol motifs (C(OH)–C–C–N with tert-alkyl or cyclic N) is 1. The number of amides is 7. The predicted octanol–water partition coefficient (Wildman–Crippen LogP) is 18.6. The minimum atomic E-state index is -4.84. The van der Waals surface area contributed by atoms with Crippen LogP contribution in [0.2, 0.25) is 0 Å².